The molecule has 0 spiro atoms. The molecule has 2 aromatic heterocycles. The highest BCUT2D eigenvalue weighted by atomic mass is 32.2. The molecule has 0 bridgehead atoms. The normalized spacial score (nSPS) is 25.7. The number of nitrogens with one attached hydrogen (secondary N) is 3. The molecule has 2 unspecified atom stereocenters. The van der Waals surface area contributed by atoms with Gasteiger partial charge in [0.25, 0.3) is 5.91 Å². The molecule has 11 nitrogen and oxygen atoms in total. The van der Waals surface area contributed by atoms with Crippen LogP contribution >= 0.6 is 11.3 Å². The average molecular weight is 562 g/mol. The predicted molar refractivity (Wildman–Crippen MR) is 145 cm³/mol. The molecule has 1 aliphatic heterocycles. The van der Waals surface area contributed by atoms with Gasteiger partial charge in [0.05, 0.1) is 11.8 Å². The van der Waals surface area contributed by atoms with Crippen molar-refractivity contribution in [3.63, 3.8) is 0 Å². The molecule has 3 atom stereocenters. The molecule has 4 aliphatic rings. The summed E-state index contributed by atoms with van der Waals surface area (Å²) in [6, 6.07) is -0.218. The van der Waals surface area contributed by atoms with Gasteiger partial charge in [0, 0.05) is 42.0 Å². The number of sulfonamides is 1. The minimum absolute atomic E-state index is 0.00973. The van der Waals surface area contributed by atoms with E-state index in [0.29, 0.717) is 48.4 Å². The molecule has 2 amide bonds. The zero-order chi connectivity index (χ0) is 26.6. The number of hydrogen-bond acceptors (Lipinski definition) is 8. The fraction of sp³-hybridized carbons (Fsp3) is 0.680. The van der Waals surface area contributed by atoms with Crippen LogP contribution in [-0.4, -0.2) is 70.7 Å². The van der Waals surface area contributed by atoms with Gasteiger partial charge in [0.2, 0.25) is 21.9 Å². The molecule has 3 aliphatic carbocycles. The summed E-state index contributed by atoms with van der Waals surface area (Å²) in [6.07, 6.45) is 10.1. The molecule has 1 saturated heterocycles. The summed E-state index contributed by atoms with van der Waals surface area (Å²) in [7, 11) is -3.27. The number of aryl methyl sites for hydroxylation is 1. The maximum atomic E-state index is 13.4. The average Bonchev–Trinajstić information content (AvgIpc) is 3.78. The maximum absolute atomic E-state index is 13.4. The highest BCUT2D eigenvalue weighted by Crippen LogP contribution is 2.43. The summed E-state index contributed by atoms with van der Waals surface area (Å²) in [5.74, 6) is 1.14. The monoisotopic (exact) mass is 561 g/mol. The zero-order valence-corrected chi connectivity index (χ0v) is 23.4. The number of amides is 2. The molecule has 0 radical (unpaired) electrons. The van der Waals surface area contributed by atoms with E-state index in [4.69, 9.17) is 0 Å². The van der Waals surface area contributed by atoms with Crippen LogP contribution in [0, 0.1) is 11.8 Å². The molecule has 3 fully saturated rings. The molecule has 206 valence electrons. The summed E-state index contributed by atoms with van der Waals surface area (Å²) >= 11 is 1.53. The molecule has 6 rings (SSSR count). The number of anilines is 2. The van der Waals surface area contributed by atoms with Gasteiger partial charge < -0.3 is 16.0 Å². The van der Waals surface area contributed by atoms with Crippen LogP contribution in [0.4, 0.5) is 10.9 Å². The highest BCUT2D eigenvalue weighted by Gasteiger charge is 2.38. The van der Waals surface area contributed by atoms with Crippen molar-refractivity contribution < 1.29 is 18.0 Å². The van der Waals surface area contributed by atoms with Crippen LogP contribution in [0.2, 0.25) is 0 Å². The van der Waals surface area contributed by atoms with E-state index < -0.39 is 10.0 Å². The lowest BCUT2D eigenvalue weighted by atomic mass is 9.91. The van der Waals surface area contributed by atoms with Gasteiger partial charge in [-0.2, -0.15) is 4.31 Å². The first-order chi connectivity index (χ1) is 18.2. The number of carbonyl (C=O) groups is 2. The van der Waals surface area contributed by atoms with Gasteiger partial charge in [0.1, 0.15) is 11.3 Å². The topological polar surface area (TPSA) is 138 Å². The van der Waals surface area contributed by atoms with Gasteiger partial charge in [-0.3, -0.25) is 14.2 Å². The van der Waals surface area contributed by atoms with Crippen molar-refractivity contribution in [1.82, 2.24) is 24.4 Å². The van der Waals surface area contributed by atoms with E-state index in [1.165, 1.54) is 21.9 Å². The molecule has 13 heteroatoms. The fourth-order valence-corrected chi connectivity index (χ4v) is 8.12. The van der Waals surface area contributed by atoms with Gasteiger partial charge in [-0.15, -0.1) is 21.5 Å². The van der Waals surface area contributed by atoms with Crippen molar-refractivity contribution in [2.45, 2.75) is 76.4 Å². The summed E-state index contributed by atoms with van der Waals surface area (Å²) in [5, 5.41) is 18.8. The second-order valence-corrected chi connectivity index (χ2v) is 14.3. The van der Waals surface area contributed by atoms with Gasteiger partial charge in [-0.05, 0) is 69.8 Å². The minimum atomic E-state index is -3.27. The van der Waals surface area contributed by atoms with Crippen molar-refractivity contribution in [3.8, 4) is 0 Å². The lowest BCUT2D eigenvalue weighted by Gasteiger charge is -2.27. The first-order valence-corrected chi connectivity index (χ1v) is 16.2. The predicted octanol–water partition coefficient (Wildman–Crippen LogP) is 2.39. The number of nitrogens with zero attached hydrogens (tertiary/aromatic N) is 4. The van der Waals surface area contributed by atoms with Crippen LogP contribution in [-0.2, 0) is 27.7 Å². The van der Waals surface area contributed by atoms with E-state index in [0.717, 1.165) is 49.0 Å². The minimum Gasteiger partial charge on any atom is -0.352 e. The molecule has 3 N–H and O–H groups in total. The van der Waals surface area contributed by atoms with E-state index in [9.17, 15) is 18.0 Å². The Kier molecular flexibility index (Phi) is 6.71. The largest absolute Gasteiger partial charge is 0.352 e. The van der Waals surface area contributed by atoms with Gasteiger partial charge >= 0.3 is 0 Å². The third kappa shape index (κ3) is 5.20. The molecule has 0 aromatic carbocycles. The molecular weight excluding hydrogens is 526 g/mol. The Morgan fingerprint density at radius 3 is 2.63 bits per heavy atom. The number of thiophene rings is 1. The maximum Gasteiger partial charge on any atom is 0.254 e. The quantitative estimate of drug-likeness (QED) is 0.427. The van der Waals surface area contributed by atoms with Gasteiger partial charge in [0.15, 0.2) is 0 Å². The number of aromatic nitrogens is 3. The molecule has 3 heterocycles. The van der Waals surface area contributed by atoms with Gasteiger partial charge in [-0.1, -0.05) is 0 Å². The van der Waals surface area contributed by atoms with Crippen molar-refractivity contribution in [2.75, 3.05) is 30.0 Å². The first-order valence-electron chi connectivity index (χ1n) is 13.6. The Bertz CT molecular complexity index is 1350. The molecule has 2 saturated carbocycles. The number of carbonyl (C=O) groups excluding carboxylic acids is 2. The molecule has 38 heavy (non-hydrogen) atoms. The van der Waals surface area contributed by atoms with Gasteiger partial charge in [-0.25, -0.2) is 8.42 Å². The smallest absolute Gasteiger partial charge is 0.254 e. The van der Waals surface area contributed by atoms with Crippen LogP contribution in [0.5, 0.6) is 0 Å². The Hall–Kier alpha value is -2.51. The lowest BCUT2D eigenvalue weighted by molar-refractivity contribution is -0.117. The van der Waals surface area contributed by atoms with Crippen molar-refractivity contribution in [2.24, 2.45) is 11.8 Å². The second kappa shape index (κ2) is 9.91. The van der Waals surface area contributed by atoms with Crippen LogP contribution in [0.25, 0.3) is 0 Å². The molecule has 2 aromatic rings. The summed E-state index contributed by atoms with van der Waals surface area (Å²) in [4.78, 5) is 27.1. The van der Waals surface area contributed by atoms with Crippen molar-refractivity contribution in [1.29, 1.82) is 0 Å². The Labute approximate surface area is 226 Å². The SMILES string of the molecule is CC1C(Nc2nncn2[C@H]2CCc3sc(NC(=O)C4CC4)c(C(=O)NCC4CC4)c3C2)CCN1S(C)(=O)=O. The molecular formula is C25H35N7O4S2. The van der Waals surface area contributed by atoms with Crippen molar-refractivity contribution >= 4 is 44.1 Å². The van der Waals surface area contributed by atoms with E-state index in [2.05, 4.69) is 26.1 Å². The van der Waals surface area contributed by atoms with Crippen LogP contribution in [0.15, 0.2) is 6.33 Å². The second-order valence-electron chi connectivity index (χ2n) is 11.2. The Morgan fingerprint density at radius 2 is 1.95 bits per heavy atom. The zero-order valence-electron chi connectivity index (χ0n) is 21.8. The Balaban J connectivity index is 1.22. The summed E-state index contributed by atoms with van der Waals surface area (Å²) < 4.78 is 27.8. The van der Waals surface area contributed by atoms with Crippen LogP contribution in [0.1, 0.15) is 72.3 Å². The number of fused-ring (bicyclic) bond motifs is 1. The third-order valence-electron chi connectivity index (χ3n) is 8.30. The number of hydrogen-bond donors (Lipinski definition) is 3. The standard InChI is InChI=1S/C25H35N7O4S2/c1-14-19(9-10-32(14)38(2,35)36)28-25-30-27-13-31(25)17-7-8-20-18(11-17)21(23(34)26-12-15-3-4-15)24(37-20)29-22(33)16-5-6-16/h13-17,19H,3-12H2,1-2H3,(H,26,34)(H,28,30)(H,29,33)/t14?,17-,19?/m0/s1. The highest BCUT2D eigenvalue weighted by molar-refractivity contribution is 7.88. The van der Waals surface area contributed by atoms with Crippen LogP contribution in [0.3, 0.4) is 0 Å². The third-order valence-corrected chi connectivity index (χ3v) is 10.9. The Morgan fingerprint density at radius 1 is 1.16 bits per heavy atom. The van der Waals surface area contributed by atoms with Crippen molar-refractivity contribution in [3.05, 3.63) is 22.3 Å². The summed E-state index contributed by atoms with van der Waals surface area (Å²) in [6.45, 7) is 3.06. The van der Waals surface area contributed by atoms with E-state index in [1.54, 1.807) is 6.33 Å². The first kappa shape index (κ1) is 25.8. The van der Waals surface area contributed by atoms with E-state index >= 15 is 0 Å². The summed E-state index contributed by atoms with van der Waals surface area (Å²) in [5.41, 5.74) is 1.61. The van der Waals surface area contributed by atoms with E-state index in [1.807, 2.05) is 11.5 Å². The van der Waals surface area contributed by atoms with Crippen LogP contribution < -0.4 is 16.0 Å². The fourth-order valence-electron chi connectivity index (χ4n) is 5.69. The van der Waals surface area contributed by atoms with E-state index in [-0.39, 0.29) is 35.9 Å². The lowest BCUT2D eigenvalue weighted by Crippen LogP contribution is -2.39. The number of rotatable bonds is 9.